The van der Waals surface area contributed by atoms with E-state index in [2.05, 4.69) is 17.0 Å². The van der Waals surface area contributed by atoms with Crippen molar-refractivity contribution in [3.8, 4) is 0 Å². The molecule has 3 N–H and O–H groups in total. The Hall–Kier alpha value is -2.02. The van der Waals surface area contributed by atoms with Gasteiger partial charge in [0, 0.05) is 12.2 Å². The van der Waals surface area contributed by atoms with Crippen LogP contribution in [0.1, 0.15) is 140 Å². The number of ether oxygens (including phenoxy) is 3. The Bertz CT molecular complexity index is 1460. The number of anilines is 1. The van der Waals surface area contributed by atoms with Crippen molar-refractivity contribution in [2.45, 2.75) is 147 Å². The van der Waals surface area contributed by atoms with Crippen LogP contribution in [0.4, 0.5) is 14.6 Å². The predicted molar refractivity (Wildman–Crippen MR) is 206 cm³/mol. The van der Waals surface area contributed by atoms with Crippen molar-refractivity contribution in [1.82, 2.24) is 14.6 Å². The molecule has 0 bridgehead atoms. The van der Waals surface area contributed by atoms with E-state index < -0.39 is 31.4 Å². The first kappa shape index (κ1) is 43.7. The number of nitrogens with zero attached hydrogens (tertiary/aromatic N) is 3. The van der Waals surface area contributed by atoms with Gasteiger partial charge in [0.1, 0.15) is 40.7 Å². The van der Waals surface area contributed by atoms with Crippen LogP contribution >= 0.6 is 20.2 Å². The zero-order chi connectivity index (χ0) is 37.7. The summed E-state index contributed by atoms with van der Waals surface area (Å²) in [7, 11) is -2.25. The molecule has 10 nitrogen and oxygen atoms in total. The summed E-state index contributed by atoms with van der Waals surface area (Å²) in [5.41, 5.74) is 7.66. The highest BCUT2D eigenvalue weighted by atomic mass is 35.5. The van der Waals surface area contributed by atoms with E-state index in [0.29, 0.717) is 17.9 Å². The number of hydrogen-bond donors (Lipinski definition) is 2. The monoisotopic (exact) mass is 784 g/mol. The second-order valence-electron chi connectivity index (χ2n) is 14.0. The summed E-state index contributed by atoms with van der Waals surface area (Å²) in [4.78, 5) is 14.5. The fourth-order valence-electron chi connectivity index (χ4n) is 6.59. The highest BCUT2D eigenvalue weighted by Gasteiger charge is 2.30. The van der Waals surface area contributed by atoms with Crippen LogP contribution in [0, 0.1) is 11.6 Å². The summed E-state index contributed by atoms with van der Waals surface area (Å²) in [6.45, 7) is 2.90. The van der Waals surface area contributed by atoms with Crippen LogP contribution in [0.2, 0.25) is 5.02 Å². The second-order valence-corrected chi connectivity index (χ2v) is 15.4. The number of nitrogen functional groups attached to an aromatic ring is 1. The van der Waals surface area contributed by atoms with Crippen LogP contribution in [-0.4, -0.2) is 58.1 Å². The third-order valence-corrected chi connectivity index (χ3v) is 10.8. The SMILES string of the molecule is CCCCCCCCCCCCCCCCCCOCC(COP(O)OCC1CCC(c2ccc3c(N)ncnn23)O1)OCc1ccc(F)c(Cl)c1F. The molecule has 0 spiro atoms. The number of halogens is 3. The van der Waals surface area contributed by atoms with E-state index >= 15 is 0 Å². The minimum Gasteiger partial charge on any atom is -0.382 e. The van der Waals surface area contributed by atoms with Crippen molar-refractivity contribution in [2.75, 3.05) is 32.2 Å². The summed E-state index contributed by atoms with van der Waals surface area (Å²) >= 11 is 5.75. The summed E-state index contributed by atoms with van der Waals surface area (Å²) in [6, 6.07) is 6.18. The number of hydrogen-bond acceptors (Lipinski definition) is 9. The van der Waals surface area contributed by atoms with Crippen molar-refractivity contribution < 1.29 is 36.9 Å². The molecule has 4 unspecified atom stereocenters. The van der Waals surface area contributed by atoms with Crippen LogP contribution in [0.3, 0.4) is 0 Å². The van der Waals surface area contributed by atoms with Crippen molar-refractivity contribution >= 4 is 31.5 Å². The normalized spacial score (nSPS) is 17.2. The summed E-state index contributed by atoms with van der Waals surface area (Å²) in [5, 5.41) is 3.71. The van der Waals surface area contributed by atoms with E-state index in [1.807, 2.05) is 12.1 Å². The first-order valence-corrected chi connectivity index (χ1v) is 21.2. The minimum absolute atomic E-state index is 0.0525. The Kier molecular flexibility index (Phi) is 20.8. The molecular formula is C39H60ClF2N4O6P. The Labute approximate surface area is 320 Å². The van der Waals surface area contributed by atoms with Crippen LogP contribution in [-0.2, 0) is 29.9 Å². The predicted octanol–water partition coefficient (Wildman–Crippen LogP) is 10.6. The van der Waals surface area contributed by atoms with Gasteiger partial charge in [0.05, 0.1) is 38.2 Å². The number of benzene rings is 1. The number of unbranched alkanes of at least 4 members (excludes halogenated alkanes) is 15. The van der Waals surface area contributed by atoms with Crippen LogP contribution in [0.25, 0.3) is 5.52 Å². The van der Waals surface area contributed by atoms with Gasteiger partial charge in [0.25, 0.3) is 0 Å². The molecule has 1 aliphatic rings. The van der Waals surface area contributed by atoms with Gasteiger partial charge in [-0.3, -0.25) is 0 Å². The number of aromatic nitrogens is 3. The van der Waals surface area contributed by atoms with Crippen molar-refractivity contribution in [2.24, 2.45) is 0 Å². The van der Waals surface area contributed by atoms with Gasteiger partial charge >= 0.3 is 8.60 Å². The van der Waals surface area contributed by atoms with Crippen molar-refractivity contribution in [3.63, 3.8) is 0 Å². The molecule has 1 aliphatic heterocycles. The largest absolute Gasteiger partial charge is 0.382 e. The zero-order valence-corrected chi connectivity index (χ0v) is 33.0. The molecule has 0 saturated carbocycles. The lowest BCUT2D eigenvalue weighted by atomic mass is 10.0. The lowest BCUT2D eigenvalue weighted by molar-refractivity contribution is -0.0499. The maximum atomic E-state index is 14.5. The molecule has 3 aromatic rings. The van der Waals surface area contributed by atoms with E-state index in [1.165, 1.54) is 102 Å². The van der Waals surface area contributed by atoms with E-state index in [4.69, 9.17) is 40.6 Å². The maximum absolute atomic E-state index is 14.5. The molecule has 3 heterocycles. The topological polar surface area (TPSA) is 123 Å². The molecule has 1 fully saturated rings. The lowest BCUT2D eigenvalue weighted by Gasteiger charge is -2.21. The first-order valence-electron chi connectivity index (χ1n) is 19.7. The number of fused-ring (bicyclic) bond motifs is 1. The molecule has 2 aromatic heterocycles. The van der Waals surface area contributed by atoms with Crippen molar-refractivity contribution in [1.29, 1.82) is 0 Å². The molecule has 0 amide bonds. The molecule has 53 heavy (non-hydrogen) atoms. The van der Waals surface area contributed by atoms with Gasteiger partial charge in [0.2, 0.25) is 0 Å². The van der Waals surface area contributed by atoms with Gasteiger partial charge < -0.3 is 33.9 Å². The van der Waals surface area contributed by atoms with Gasteiger partial charge in [-0.25, -0.2) is 18.3 Å². The fourth-order valence-corrected chi connectivity index (χ4v) is 7.44. The molecule has 298 valence electrons. The third-order valence-electron chi connectivity index (χ3n) is 9.73. The Balaban J connectivity index is 1.09. The summed E-state index contributed by atoms with van der Waals surface area (Å²) in [5.74, 6) is -1.31. The van der Waals surface area contributed by atoms with Crippen molar-refractivity contribution in [3.05, 3.63) is 58.5 Å². The highest BCUT2D eigenvalue weighted by molar-refractivity contribution is 7.40. The third kappa shape index (κ3) is 15.6. The molecule has 0 radical (unpaired) electrons. The molecule has 1 saturated heterocycles. The quantitative estimate of drug-likeness (QED) is 0.0402. The first-order chi connectivity index (χ1) is 25.9. The molecule has 1 aromatic carbocycles. The van der Waals surface area contributed by atoms with Gasteiger partial charge in [-0.05, 0) is 37.5 Å². The molecule has 0 aliphatic carbocycles. The maximum Gasteiger partial charge on any atom is 0.330 e. The van der Waals surface area contributed by atoms with E-state index in [9.17, 15) is 13.7 Å². The number of rotatable bonds is 29. The number of nitrogens with two attached hydrogens (primary N) is 1. The highest BCUT2D eigenvalue weighted by Crippen LogP contribution is 2.38. The second kappa shape index (κ2) is 25.2. The lowest BCUT2D eigenvalue weighted by Crippen LogP contribution is -2.26. The van der Waals surface area contributed by atoms with Gasteiger partial charge in [0.15, 0.2) is 5.82 Å². The Morgan fingerprint density at radius 2 is 1.57 bits per heavy atom. The molecule has 14 heteroatoms. The van der Waals surface area contributed by atoms with Gasteiger partial charge in [-0.15, -0.1) is 0 Å². The average molecular weight is 785 g/mol. The standard InChI is InChI=1S/C39H60ClF2N4O6P/c1-2-3-4-5-6-7-8-9-10-11-12-13-14-15-16-17-24-48-26-32(49-25-30-18-20-33(41)37(40)38(30)42)28-51-53(47)50-27-31-19-23-36(52-31)34-21-22-35-39(43)44-29-45-46(34)35/h18,20-22,29,31-32,36,47H,2-17,19,23-28H2,1H3,(H2,43,44,45). The van der Waals surface area contributed by atoms with E-state index in [-0.39, 0.29) is 44.2 Å². The minimum atomic E-state index is -2.25. The van der Waals surface area contributed by atoms with Gasteiger partial charge in [-0.1, -0.05) is 121 Å². The van der Waals surface area contributed by atoms with Gasteiger partial charge in [-0.2, -0.15) is 5.10 Å². The fraction of sp³-hybridized carbons (Fsp3) is 0.692. The zero-order valence-electron chi connectivity index (χ0n) is 31.4. The summed E-state index contributed by atoms with van der Waals surface area (Å²) in [6.07, 6.45) is 22.6. The summed E-state index contributed by atoms with van der Waals surface area (Å²) < 4.78 is 59.1. The van der Waals surface area contributed by atoms with E-state index in [1.54, 1.807) is 4.52 Å². The van der Waals surface area contributed by atoms with Crippen LogP contribution in [0.15, 0.2) is 30.6 Å². The molecule has 4 rings (SSSR count). The van der Waals surface area contributed by atoms with E-state index in [0.717, 1.165) is 37.4 Å². The average Bonchev–Trinajstić information content (AvgIpc) is 3.82. The van der Waals surface area contributed by atoms with Crippen LogP contribution in [0.5, 0.6) is 0 Å². The van der Waals surface area contributed by atoms with Crippen LogP contribution < -0.4 is 5.73 Å². The smallest absolute Gasteiger partial charge is 0.330 e. The molecule has 4 atom stereocenters. The Morgan fingerprint density at radius 1 is 0.906 bits per heavy atom. The Morgan fingerprint density at radius 3 is 2.25 bits per heavy atom. The molecular weight excluding hydrogens is 725 g/mol.